The average Bonchev–Trinajstić information content (AvgIpc) is 3.08. The lowest BCUT2D eigenvalue weighted by Crippen LogP contribution is -2.32. The summed E-state index contributed by atoms with van der Waals surface area (Å²) < 4.78 is 25.0. The standard InChI is InChI=1S/C27H33FN2O5/c1-5-16-35-21-13-10-19(17-22(21)34-6-2)24-23(25(31)18-8-11-20(28)12-9-18)26(32)27(33)30(24)15-7-14-29(3)4/h8-13,17,24,31H,5-7,14-16H2,1-4H3/t24-/m1/s1. The van der Waals surface area contributed by atoms with Crippen molar-refractivity contribution in [1.82, 2.24) is 9.80 Å². The molecule has 1 heterocycles. The van der Waals surface area contributed by atoms with E-state index in [4.69, 9.17) is 9.47 Å². The highest BCUT2D eigenvalue weighted by molar-refractivity contribution is 6.46. The molecule has 1 aliphatic rings. The van der Waals surface area contributed by atoms with Crippen LogP contribution < -0.4 is 9.47 Å². The highest BCUT2D eigenvalue weighted by atomic mass is 19.1. The number of amides is 1. The topological polar surface area (TPSA) is 79.3 Å². The van der Waals surface area contributed by atoms with Crippen LogP contribution in [0.1, 0.15) is 43.9 Å². The van der Waals surface area contributed by atoms with Crippen molar-refractivity contribution in [2.45, 2.75) is 32.7 Å². The number of ketones is 1. The molecule has 1 fully saturated rings. The Balaban J connectivity index is 2.12. The van der Waals surface area contributed by atoms with Gasteiger partial charge in [0.05, 0.1) is 24.8 Å². The van der Waals surface area contributed by atoms with Gasteiger partial charge in [0.25, 0.3) is 11.7 Å². The molecule has 8 heteroatoms. The maximum atomic E-state index is 13.5. The van der Waals surface area contributed by atoms with Crippen molar-refractivity contribution in [2.75, 3.05) is 40.4 Å². The quantitative estimate of drug-likeness (QED) is 0.290. The summed E-state index contributed by atoms with van der Waals surface area (Å²) in [6.45, 7) is 5.84. The normalized spacial score (nSPS) is 17.3. The molecule has 0 radical (unpaired) electrons. The van der Waals surface area contributed by atoms with Crippen LogP contribution in [-0.2, 0) is 9.59 Å². The lowest BCUT2D eigenvalue weighted by molar-refractivity contribution is -0.139. The molecule has 7 nitrogen and oxygen atoms in total. The van der Waals surface area contributed by atoms with Gasteiger partial charge in [0.2, 0.25) is 0 Å². The number of likely N-dealkylation sites (tertiary alicyclic amines) is 1. The van der Waals surface area contributed by atoms with Crippen LogP contribution in [-0.4, -0.2) is 67.0 Å². The summed E-state index contributed by atoms with van der Waals surface area (Å²) in [5.74, 6) is -1.19. The number of carbonyl (C=O) groups excluding carboxylic acids is 2. The van der Waals surface area contributed by atoms with E-state index < -0.39 is 23.5 Å². The number of halogens is 1. The molecule has 2 aromatic rings. The second-order valence-electron chi connectivity index (χ2n) is 8.64. The van der Waals surface area contributed by atoms with E-state index in [1.165, 1.54) is 29.2 Å². The van der Waals surface area contributed by atoms with Crippen molar-refractivity contribution < 1.29 is 28.6 Å². The monoisotopic (exact) mass is 484 g/mol. The molecule has 0 spiro atoms. The Morgan fingerprint density at radius 3 is 2.40 bits per heavy atom. The van der Waals surface area contributed by atoms with Gasteiger partial charge in [-0.25, -0.2) is 4.39 Å². The van der Waals surface area contributed by atoms with Gasteiger partial charge in [-0.1, -0.05) is 13.0 Å². The summed E-state index contributed by atoms with van der Waals surface area (Å²) in [5.41, 5.74) is 0.844. The number of carbonyl (C=O) groups is 2. The van der Waals surface area contributed by atoms with E-state index in [-0.39, 0.29) is 16.9 Å². The second kappa shape index (κ2) is 11.8. The number of aliphatic hydroxyl groups is 1. The van der Waals surface area contributed by atoms with Gasteiger partial charge < -0.3 is 24.4 Å². The highest BCUT2D eigenvalue weighted by Crippen LogP contribution is 2.42. The first-order valence-corrected chi connectivity index (χ1v) is 11.9. The Morgan fingerprint density at radius 1 is 1.06 bits per heavy atom. The summed E-state index contributed by atoms with van der Waals surface area (Å²) >= 11 is 0. The third-order valence-corrected chi connectivity index (χ3v) is 5.71. The van der Waals surface area contributed by atoms with Crippen LogP contribution in [0.3, 0.4) is 0 Å². The molecular weight excluding hydrogens is 451 g/mol. The van der Waals surface area contributed by atoms with E-state index in [0.29, 0.717) is 43.2 Å². The van der Waals surface area contributed by atoms with Crippen molar-refractivity contribution in [3.05, 3.63) is 65.0 Å². The van der Waals surface area contributed by atoms with E-state index in [0.717, 1.165) is 13.0 Å². The molecule has 1 N–H and O–H groups in total. The first-order chi connectivity index (χ1) is 16.8. The van der Waals surface area contributed by atoms with Crippen LogP contribution in [0.15, 0.2) is 48.0 Å². The molecular formula is C27H33FN2O5. The Bertz CT molecular complexity index is 1080. The summed E-state index contributed by atoms with van der Waals surface area (Å²) in [5, 5.41) is 11.1. The summed E-state index contributed by atoms with van der Waals surface area (Å²) in [7, 11) is 3.87. The van der Waals surface area contributed by atoms with Gasteiger partial charge >= 0.3 is 0 Å². The minimum Gasteiger partial charge on any atom is -0.507 e. The lowest BCUT2D eigenvalue weighted by Gasteiger charge is -2.26. The second-order valence-corrected chi connectivity index (χ2v) is 8.64. The van der Waals surface area contributed by atoms with Crippen LogP contribution in [0, 0.1) is 5.82 Å². The Hall–Kier alpha value is -3.39. The number of nitrogens with zero attached hydrogens (tertiary/aromatic N) is 2. The number of benzene rings is 2. The SMILES string of the molecule is CCCOc1ccc([C@@H]2C(=C(O)c3ccc(F)cc3)C(=O)C(=O)N2CCCN(C)C)cc1OCC. The molecule has 1 aliphatic heterocycles. The predicted octanol–water partition coefficient (Wildman–Crippen LogP) is 4.39. The molecule has 1 saturated heterocycles. The minimum absolute atomic E-state index is 0.0314. The molecule has 0 saturated carbocycles. The Kier molecular flexibility index (Phi) is 8.87. The van der Waals surface area contributed by atoms with Crippen molar-refractivity contribution in [2.24, 2.45) is 0 Å². The zero-order chi connectivity index (χ0) is 25.5. The van der Waals surface area contributed by atoms with Crippen LogP contribution >= 0.6 is 0 Å². The van der Waals surface area contributed by atoms with Gasteiger partial charge in [0, 0.05) is 12.1 Å². The van der Waals surface area contributed by atoms with Gasteiger partial charge in [-0.3, -0.25) is 9.59 Å². The first kappa shape index (κ1) is 26.2. The van der Waals surface area contributed by atoms with Crippen LogP contribution in [0.5, 0.6) is 11.5 Å². The Labute approximate surface area is 205 Å². The number of hydrogen-bond acceptors (Lipinski definition) is 6. The minimum atomic E-state index is -0.818. The fourth-order valence-electron chi connectivity index (χ4n) is 4.07. The third-order valence-electron chi connectivity index (χ3n) is 5.71. The maximum Gasteiger partial charge on any atom is 0.295 e. The van der Waals surface area contributed by atoms with E-state index in [1.54, 1.807) is 18.2 Å². The van der Waals surface area contributed by atoms with Crippen LogP contribution in [0.2, 0.25) is 0 Å². The van der Waals surface area contributed by atoms with E-state index in [2.05, 4.69) is 0 Å². The van der Waals surface area contributed by atoms with Crippen LogP contribution in [0.4, 0.5) is 4.39 Å². The summed E-state index contributed by atoms with van der Waals surface area (Å²) in [4.78, 5) is 29.7. The van der Waals surface area contributed by atoms with Gasteiger partial charge in [-0.15, -0.1) is 0 Å². The fraction of sp³-hybridized carbons (Fsp3) is 0.407. The molecule has 0 unspecified atom stereocenters. The summed E-state index contributed by atoms with van der Waals surface area (Å²) in [6.07, 6.45) is 1.47. The third kappa shape index (κ3) is 6.00. The zero-order valence-corrected chi connectivity index (χ0v) is 20.7. The first-order valence-electron chi connectivity index (χ1n) is 11.9. The molecule has 0 bridgehead atoms. The molecule has 3 rings (SSSR count). The molecule has 2 aromatic carbocycles. The zero-order valence-electron chi connectivity index (χ0n) is 20.7. The van der Waals surface area contributed by atoms with Crippen molar-refractivity contribution in [1.29, 1.82) is 0 Å². The fourth-order valence-corrected chi connectivity index (χ4v) is 4.07. The van der Waals surface area contributed by atoms with Crippen molar-refractivity contribution in [3.8, 4) is 11.5 Å². The molecule has 35 heavy (non-hydrogen) atoms. The van der Waals surface area contributed by atoms with E-state index in [1.807, 2.05) is 32.8 Å². The Morgan fingerprint density at radius 2 is 1.77 bits per heavy atom. The molecule has 1 amide bonds. The van der Waals surface area contributed by atoms with Crippen LogP contribution in [0.25, 0.3) is 5.76 Å². The molecule has 0 aliphatic carbocycles. The van der Waals surface area contributed by atoms with Gasteiger partial charge in [0.15, 0.2) is 11.5 Å². The maximum absolute atomic E-state index is 13.5. The average molecular weight is 485 g/mol. The molecule has 188 valence electrons. The molecule has 0 aromatic heterocycles. The highest BCUT2D eigenvalue weighted by Gasteiger charge is 2.46. The predicted molar refractivity (Wildman–Crippen MR) is 132 cm³/mol. The van der Waals surface area contributed by atoms with Gasteiger partial charge in [0.1, 0.15) is 11.6 Å². The smallest absolute Gasteiger partial charge is 0.295 e. The summed E-state index contributed by atoms with van der Waals surface area (Å²) in [6, 6.07) is 9.63. The lowest BCUT2D eigenvalue weighted by atomic mass is 9.95. The number of aliphatic hydroxyl groups excluding tert-OH is 1. The van der Waals surface area contributed by atoms with Crippen molar-refractivity contribution >= 4 is 17.4 Å². The number of Topliss-reactive ketones (excluding diaryl/α,β-unsaturated/α-hetero) is 1. The number of ether oxygens (including phenoxy) is 2. The number of hydrogen-bond donors (Lipinski definition) is 1. The van der Waals surface area contributed by atoms with E-state index >= 15 is 0 Å². The van der Waals surface area contributed by atoms with Gasteiger partial charge in [-0.2, -0.15) is 0 Å². The van der Waals surface area contributed by atoms with Gasteiger partial charge in [-0.05, 0) is 82.4 Å². The van der Waals surface area contributed by atoms with Crippen molar-refractivity contribution in [3.63, 3.8) is 0 Å². The van der Waals surface area contributed by atoms with E-state index in [9.17, 15) is 19.1 Å². The molecule has 1 atom stereocenters. The largest absolute Gasteiger partial charge is 0.507 e. The number of rotatable bonds is 11.